The quantitative estimate of drug-likeness (QED) is 0.00570. The van der Waals surface area contributed by atoms with Crippen LogP contribution in [0.4, 0.5) is 0 Å². The molecular weight excluding hydrogens is 845 g/mol. The summed E-state index contributed by atoms with van der Waals surface area (Å²) in [6.45, 7) is -0.429. The van der Waals surface area contributed by atoms with E-state index in [1.807, 2.05) is 0 Å². The van der Waals surface area contributed by atoms with Gasteiger partial charge in [-0.25, -0.2) is 0 Å². The van der Waals surface area contributed by atoms with Gasteiger partial charge in [0.25, 0.3) is 0 Å². The van der Waals surface area contributed by atoms with Gasteiger partial charge in [-0.15, -0.1) is 0 Å². The van der Waals surface area contributed by atoms with E-state index < -0.39 is 84.5 Å². The first-order chi connectivity index (χ1) is 29.0. The molecule has 30 heteroatoms. The number of primary amides is 2. The lowest BCUT2D eigenvalue weighted by molar-refractivity contribution is -0.131. The molecule has 0 bridgehead atoms. The predicted molar refractivity (Wildman–Crippen MR) is 226 cm³/mol. The molecule has 0 radical (unpaired) electrons. The zero-order valence-electron chi connectivity index (χ0n) is 33.4. The Kier molecular flexibility index (Phi) is 30.0. The molecule has 0 aliphatic carbocycles. The molecule has 0 fully saturated rings. The van der Waals surface area contributed by atoms with E-state index >= 15 is 0 Å². The minimum atomic E-state index is -1.23. The lowest BCUT2D eigenvalue weighted by atomic mass is 10.1. The molecule has 0 saturated carbocycles. The number of azide groups is 2. The molecule has 4 atom stereocenters. The number of nitrogens with two attached hydrogens (primary N) is 4. The van der Waals surface area contributed by atoms with E-state index in [-0.39, 0.29) is 81.6 Å². The second-order valence-electron chi connectivity index (χ2n) is 12.7. The average molecular weight is 901 g/mol. The summed E-state index contributed by atoms with van der Waals surface area (Å²) in [6, 6.07) is -4.56. The van der Waals surface area contributed by atoms with Crippen LogP contribution in [-0.4, -0.2) is 134 Å². The molecule has 0 aliphatic rings. The number of nitrogens with one attached hydrogen (secondary N) is 10. The fourth-order valence-corrected chi connectivity index (χ4v) is 7.05. The van der Waals surface area contributed by atoms with Crippen molar-refractivity contribution in [2.75, 3.05) is 50.8 Å². The molecule has 0 unspecified atom stereocenters. The summed E-state index contributed by atoms with van der Waals surface area (Å²) in [7, 11) is 2.01. The Hall–Kier alpha value is -6.38. The molecule has 0 aromatic rings. The van der Waals surface area contributed by atoms with Crippen LogP contribution in [0.15, 0.2) is 10.2 Å². The number of rotatable bonds is 34. The van der Waals surface area contributed by atoms with Crippen molar-refractivity contribution < 1.29 is 38.4 Å². The van der Waals surface area contributed by atoms with Crippen LogP contribution in [0.2, 0.25) is 0 Å². The van der Waals surface area contributed by atoms with E-state index in [1.165, 1.54) is 0 Å². The number of guanidine groups is 2. The van der Waals surface area contributed by atoms with Crippen LogP contribution in [-0.2, 0) is 38.4 Å². The van der Waals surface area contributed by atoms with Crippen molar-refractivity contribution in [1.82, 2.24) is 42.5 Å². The third-order valence-corrected chi connectivity index (χ3v) is 10.2. The van der Waals surface area contributed by atoms with E-state index in [0.717, 1.165) is 21.6 Å². The molecule has 8 amide bonds. The first-order valence-electron chi connectivity index (χ1n) is 18.7. The molecule has 0 rings (SSSR count). The predicted octanol–water partition coefficient (Wildman–Crippen LogP) is -3.39. The molecule has 0 aromatic carbocycles. The first-order valence-corrected chi connectivity index (χ1v) is 21.2. The van der Waals surface area contributed by atoms with Crippen molar-refractivity contribution in [2.45, 2.75) is 82.0 Å². The Labute approximate surface area is 358 Å². The fourth-order valence-electron chi connectivity index (χ4n) is 4.70. The summed E-state index contributed by atoms with van der Waals surface area (Å²) in [5, 5.41) is 41.1. The van der Waals surface area contributed by atoms with Crippen molar-refractivity contribution in [3.8, 4) is 0 Å². The molecule has 18 N–H and O–H groups in total. The highest BCUT2D eigenvalue weighted by atomic mass is 33.1. The van der Waals surface area contributed by atoms with E-state index in [0.29, 0.717) is 25.8 Å². The van der Waals surface area contributed by atoms with Gasteiger partial charge < -0.3 is 65.5 Å². The van der Waals surface area contributed by atoms with Gasteiger partial charge in [-0.3, -0.25) is 49.2 Å². The van der Waals surface area contributed by atoms with Gasteiger partial charge in [0, 0.05) is 60.3 Å². The standard InChI is InChI=1S/C31H56N20O8S2/c32-26(56)20(48-24(54)14-42-28(58)18(6-1-2-10-40-30(34)35)46-22(52)8-4-12-44-50-38)16-60-61-17-21(27(33)57)49-25(55)15-43-29(59)19(7-3-11-41-31(36)37)47-23(53)9-5-13-45-51-39/h18-21H,1-17H2,(H2,32,56)(H2,33,57)(H,42,58)(H,43,59)(H,46,52)(H,47,53)(H,48,54)(H,49,55)(H4,34,35,40)(H4,36,37,41)/t18-,19-,20-,21-/m0/s1. The van der Waals surface area contributed by atoms with Gasteiger partial charge in [-0.1, -0.05) is 31.8 Å². The van der Waals surface area contributed by atoms with E-state index in [2.05, 4.69) is 62.6 Å². The lowest BCUT2D eigenvalue weighted by Gasteiger charge is -2.20. The second-order valence-corrected chi connectivity index (χ2v) is 15.3. The van der Waals surface area contributed by atoms with Gasteiger partial charge >= 0.3 is 0 Å². The van der Waals surface area contributed by atoms with Crippen molar-refractivity contribution in [3.63, 3.8) is 0 Å². The number of nitrogens with zero attached hydrogens (tertiary/aromatic N) is 6. The number of carbonyl (C=O) groups excluding carboxylic acids is 8. The highest BCUT2D eigenvalue weighted by molar-refractivity contribution is 8.76. The fraction of sp³-hybridized carbons (Fsp3) is 0.677. The van der Waals surface area contributed by atoms with E-state index in [4.69, 9.17) is 44.8 Å². The molecule has 340 valence electrons. The maximum atomic E-state index is 12.9. The third-order valence-electron chi connectivity index (χ3n) is 7.73. The largest absolute Gasteiger partial charge is 0.370 e. The topological polar surface area (TPSA) is 482 Å². The van der Waals surface area contributed by atoms with Gasteiger partial charge in [-0.2, -0.15) is 0 Å². The van der Waals surface area contributed by atoms with Crippen LogP contribution in [0.25, 0.3) is 20.9 Å². The molecule has 0 saturated heterocycles. The summed E-state index contributed by atoms with van der Waals surface area (Å²) < 4.78 is 0. The van der Waals surface area contributed by atoms with Crippen molar-refractivity contribution in [3.05, 3.63) is 20.9 Å². The number of hydrogen-bond donors (Lipinski definition) is 14. The summed E-state index contributed by atoms with van der Waals surface area (Å²) in [5.41, 5.74) is 38.2. The molecule has 0 aliphatic heterocycles. The summed E-state index contributed by atoms with van der Waals surface area (Å²) in [4.78, 5) is 105. The van der Waals surface area contributed by atoms with Crippen molar-refractivity contribution >= 4 is 80.8 Å². The number of amides is 8. The Morgan fingerprint density at radius 1 is 0.525 bits per heavy atom. The summed E-state index contributed by atoms with van der Waals surface area (Å²) >= 11 is 0. The van der Waals surface area contributed by atoms with Crippen LogP contribution in [0, 0.1) is 10.8 Å². The van der Waals surface area contributed by atoms with E-state index in [1.54, 1.807) is 0 Å². The molecule has 0 aromatic heterocycles. The highest BCUT2D eigenvalue weighted by Crippen LogP contribution is 2.23. The maximum Gasteiger partial charge on any atom is 0.243 e. The average Bonchev–Trinajstić information content (AvgIpc) is 3.20. The van der Waals surface area contributed by atoms with Crippen LogP contribution >= 0.6 is 21.6 Å². The van der Waals surface area contributed by atoms with Gasteiger partial charge in [0.15, 0.2) is 11.9 Å². The Balaban J connectivity index is 5.11. The zero-order chi connectivity index (χ0) is 46.0. The monoisotopic (exact) mass is 900 g/mol. The SMILES string of the molecule is [N-]=[N+]=NCCCC(=O)N[C@@H](CCCCNC(=N)N)C(=O)NCC(=O)N[C@@H](CSSC[C@H](NC(=O)CNC(=O)[C@H](CCCNC(=N)N)NC(=O)CCCN=[N+]=[N-])C(N)=O)C(N)=O. The number of hydrogen-bond acceptors (Lipinski definition) is 14. The van der Waals surface area contributed by atoms with Crippen LogP contribution < -0.4 is 65.5 Å². The summed E-state index contributed by atoms with van der Waals surface area (Å²) in [5.74, 6) is -6.47. The normalized spacial score (nSPS) is 12.2. The van der Waals surface area contributed by atoms with Gasteiger partial charge in [0.1, 0.15) is 24.2 Å². The van der Waals surface area contributed by atoms with E-state index in [9.17, 15) is 38.4 Å². The van der Waals surface area contributed by atoms with Crippen LogP contribution in [0.5, 0.6) is 0 Å². The lowest BCUT2D eigenvalue weighted by Crippen LogP contribution is -2.52. The van der Waals surface area contributed by atoms with Crippen LogP contribution in [0.1, 0.15) is 57.8 Å². The van der Waals surface area contributed by atoms with Crippen molar-refractivity contribution in [1.29, 1.82) is 10.8 Å². The molecule has 61 heavy (non-hydrogen) atoms. The molecule has 28 nitrogen and oxygen atoms in total. The number of unbranched alkanes of at least 4 members (excludes halogenated alkanes) is 1. The Morgan fingerprint density at radius 3 is 1.28 bits per heavy atom. The first kappa shape index (κ1) is 54.6. The zero-order valence-corrected chi connectivity index (χ0v) is 35.0. The third kappa shape index (κ3) is 29.5. The minimum absolute atomic E-state index is 0.0211. The van der Waals surface area contributed by atoms with Crippen LogP contribution in [0.3, 0.4) is 0 Å². The Bertz CT molecular complexity index is 1610. The molecular formula is C31H56N20O8S2. The van der Waals surface area contributed by atoms with Crippen molar-refractivity contribution in [2.24, 2.45) is 33.2 Å². The van der Waals surface area contributed by atoms with Gasteiger partial charge in [0.05, 0.1) is 13.1 Å². The smallest absolute Gasteiger partial charge is 0.243 e. The van der Waals surface area contributed by atoms with Gasteiger partial charge in [-0.05, 0) is 56.0 Å². The maximum absolute atomic E-state index is 12.9. The molecule has 0 heterocycles. The summed E-state index contributed by atoms with van der Waals surface area (Å²) in [6.07, 6.45) is 1.98. The van der Waals surface area contributed by atoms with Gasteiger partial charge in [0.2, 0.25) is 47.3 Å². The number of carbonyl (C=O) groups is 8. The minimum Gasteiger partial charge on any atom is -0.370 e. The Morgan fingerprint density at radius 2 is 0.902 bits per heavy atom. The second kappa shape index (κ2) is 33.5. The molecule has 0 spiro atoms. The highest BCUT2D eigenvalue weighted by Gasteiger charge is 2.25.